The zero-order valence-electron chi connectivity index (χ0n) is 14.4. The van der Waals surface area contributed by atoms with Crippen LogP contribution in [-0.4, -0.2) is 91.2 Å². The van der Waals surface area contributed by atoms with Gasteiger partial charge >= 0.3 is 0 Å². The quantitative estimate of drug-likeness (QED) is 0.664. The van der Waals surface area contributed by atoms with Crippen molar-refractivity contribution < 1.29 is 0 Å². The molecule has 2 saturated heterocycles. The highest BCUT2D eigenvalue weighted by atomic mass is 15.4. The monoisotopic (exact) mass is 306 g/mol. The third-order valence-corrected chi connectivity index (χ3v) is 5.62. The van der Waals surface area contributed by atoms with E-state index in [-0.39, 0.29) is 0 Å². The summed E-state index contributed by atoms with van der Waals surface area (Å²) in [4.78, 5) is 10.5. The van der Waals surface area contributed by atoms with Gasteiger partial charge in [0.2, 0.25) is 0 Å². The van der Waals surface area contributed by atoms with Gasteiger partial charge in [0.05, 0.1) is 6.67 Å². The fourth-order valence-corrected chi connectivity index (χ4v) is 4.07. The predicted octanol–water partition coefficient (Wildman–Crippen LogP) is 1.70. The molecule has 0 aromatic carbocycles. The Morgan fingerprint density at radius 1 is 0.864 bits per heavy atom. The van der Waals surface area contributed by atoms with E-state index >= 15 is 0 Å². The highest BCUT2D eigenvalue weighted by Crippen LogP contribution is 2.16. The second-order valence-electron chi connectivity index (χ2n) is 7.32. The Labute approximate surface area is 136 Å². The molecule has 0 saturated carbocycles. The summed E-state index contributed by atoms with van der Waals surface area (Å²) in [6.45, 7) is 14.9. The van der Waals surface area contributed by atoms with E-state index in [1.54, 1.807) is 0 Å². The molecule has 0 N–H and O–H groups in total. The lowest BCUT2D eigenvalue weighted by Crippen LogP contribution is -2.37. The Morgan fingerprint density at radius 2 is 1.68 bits per heavy atom. The molecule has 1 unspecified atom stereocenters. The van der Waals surface area contributed by atoms with Crippen molar-refractivity contribution in [3.8, 4) is 0 Å². The number of hydrogen-bond acceptors (Lipinski definition) is 4. The molecule has 0 aromatic rings. The maximum absolute atomic E-state index is 2.68. The van der Waals surface area contributed by atoms with E-state index < -0.39 is 0 Å². The molecule has 0 amide bonds. The molecular formula is C18H34N4. The highest BCUT2D eigenvalue weighted by Gasteiger charge is 2.22. The van der Waals surface area contributed by atoms with Crippen LogP contribution >= 0.6 is 0 Å². The molecule has 4 nitrogen and oxygen atoms in total. The van der Waals surface area contributed by atoms with Crippen molar-refractivity contribution in [2.45, 2.75) is 38.6 Å². The van der Waals surface area contributed by atoms with Gasteiger partial charge in [0, 0.05) is 51.9 Å². The molecule has 0 radical (unpaired) electrons. The first-order valence-electron chi connectivity index (χ1n) is 9.37. The van der Waals surface area contributed by atoms with Gasteiger partial charge in [-0.25, -0.2) is 0 Å². The Morgan fingerprint density at radius 3 is 2.41 bits per heavy atom. The van der Waals surface area contributed by atoms with Crippen LogP contribution in [0.15, 0.2) is 12.2 Å². The number of hydrogen-bond donors (Lipinski definition) is 0. The highest BCUT2D eigenvalue weighted by molar-refractivity contribution is 4.91. The molecule has 0 spiro atoms. The first kappa shape index (κ1) is 16.4. The number of likely N-dealkylation sites (tertiary alicyclic amines) is 1. The van der Waals surface area contributed by atoms with Crippen molar-refractivity contribution >= 4 is 0 Å². The summed E-state index contributed by atoms with van der Waals surface area (Å²) in [6, 6.07) is 0.827. The smallest absolute Gasteiger partial charge is 0.0507 e. The number of nitrogens with zero attached hydrogens (tertiary/aromatic N) is 4. The van der Waals surface area contributed by atoms with E-state index in [9.17, 15) is 0 Å². The van der Waals surface area contributed by atoms with E-state index in [2.05, 4.69) is 38.7 Å². The minimum absolute atomic E-state index is 0.827. The van der Waals surface area contributed by atoms with Crippen LogP contribution in [0.5, 0.6) is 0 Å². The molecule has 2 fully saturated rings. The van der Waals surface area contributed by atoms with Crippen LogP contribution in [0.2, 0.25) is 0 Å². The molecule has 0 bridgehead atoms. The molecule has 3 rings (SSSR count). The zero-order valence-corrected chi connectivity index (χ0v) is 14.4. The molecule has 0 aromatic heterocycles. The third-order valence-electron chi connectivity index (χ3n) is 5.62. The average Bonchev–Trinajstić information content (AvgIpc) is 3.16. The Hall–Kier alpha value is -0.420. The minimum Gasteiger partial charge on any atom is -0.301 e. The van der Waals surface area contributed by atoms with Gasteiger partial charge in [-0.05, 0) is 45.7 Å². The predicted molar refractivity (Wildman–Crippen MR) is 93.1 cm³/mol. The van der Waals surface area contributed by atoms with Crippen LogP contribution in [0, 0.1) is 0 Å². The van der Waals surface area contributed by atoms with E-state index in [1.807, 2.05) is 0 Å². The standard InChI is InChI=1S/C18H34N4/c1-18-7-5-11-22(18)12-6-10-20-15-16-21(17-20)14-13-19-8-3-2-4-9-19/h2-3,18H,4-17H2,1H3. The SMILES string of the molecule is CC1CCCN1CCCN1CCN(CCN2CC=CCC2)C1. The summed E-state index contributed by atoms with van der Waals surface area (Å²) < 4.78 is 0. The van der Waals surface area contributed by atoms with Crippen molar-refractivity contribution in [2.75, 3.05) is 65.6 Å². The van der Waals surface area contributed by atoms with Crippen molar-refractivity contribution in [3.05, 3.63) is 12.2 Å². The molecule has 3 heterocycles. The van der Waals surface area contributed by atoms with Crippen LogP contribution in [0.3, 0.4) is 0 Å². The van der Waals surface area contributed by atoms with Crippen LogP contribution < -0.4 is 0 Å². The molecular weight excluding hydrogens is 272 g/mol. The minimum atomic E-state index is 0.827. The lowest BCUT2D eigenvalue weighted by Gasteiger charge is -2.26. The van der Waals surface area contributed by atoms with Crippen LogP contribution in [0.25, 0.3) is 0 Å². The van der Waals surface area contributed by atoms with Crippen LogP contribution in [0.4, 0.5) is 0 Å². The van der Waals surface area contributed by atoms with Gasteiger partial charge in [0.15, 0.2) is 0 Å². The average molecular weight is 306 g/mol. The molecule has 3 aliphatic heterocycles. The van der Waals surface area contributed by atoms with Gasteiger partial charge in [-0.15, -0.1) is 0 Å². The van der Waals surface area contributed by atoms with Crippen molar-refractivity contribution in [1.29, 1.82) is 0 Å². The van der Waals surface area contributed by atoms with Crippen molar-refractivity contribution in [1.82, 2.24) is 19.6 Å². The fraction of sp³-hybridized carbons (Fsp3) is 0.889. The second kappa shape index (κ2) is 8.44. The first-order chi connectivity index (χ1) is 10.8. The van der Waals surface area contributed by atoms with Gasteiger partial charge in [0.1, 0.15) is 0 Å². The van der Waals surface area contributed by atoms with E-state index in [0.29, 0.717) is 0 Å². The van der Waals surface area contributed by atoms with Crippen LogP contribution in [-0.2, 0) is 0 Å². The Balaban J connectivity index is 1.26. The molecule has 3 aliphatic rings. The first-order valence-corrected chi connectivity index (χ1v) is 9.37. The normalized spacial score (nSPS) is 28.9. The summed E-state index contributed by atoms with van der Waals surface area (Å²) in [7, 11) is 0. The van der Waals surface area contributed by atoms with Gasteiger partial charge in [-0.1, -0.05) is 12.2 Å². The third kappa shape index (κ3) is 4.79. The lowest BCUT2D eigenvalue weighted by molar-refractivity contribution is 0.196. The maximum atomic E-state index is 2.68. The molecule has 22 heavy (non-hydrogen) atoms. The second-order valence-corrected chi connectivity index (χ2v) is 7.32. The lowest BCUT2D eigenvalue weighted by atomic mass is 10.2. The van der Waals surface area contributed by atoms with E-state index in [0.717, 1.165) is 12.6 Å². The fourth-order valence-electron chi connectivity index (χ4n) is 4.07. The summed E-state index contributed by atoms with van der Waals surface area (Å²) >= 11 is 0. The Bertz CT molecular complexity index is 357. The summed E-state index contributed by atoms with van der Waals surface area (Å²) in [5.74, 6) is 0. The molecule has 1 atom stereocenters. The topological polar surface area (TPSA) is 13.0 Å². The van der Waals surface area contributed by atoms with E-state index in [1.165, 1.54) is 84.7 Å². The molecule has 126 valence electrons. The van der Waals surface area contributed by atoms with Gasteiger partial charge < -0.3 is 4.90 Å². The van der Waals surface area contributed by atoms with Crippen molar-refractivity contribution in [2.24, 2.45) is 0 Å². The largest absolute Gasteiger partial charge is 0.301 e. The molecule has 4 heteroatoms. The summed E-state index contributed by atoms with van der Waals surface area (Å²) in [5.41, 5.74) is 0. The zero-order chi connectivity index (χ0) is 15.2. The summed E-state index contributed by atoms with van der Waals surface area (Å²) in [6.07, 6.45) is 10.0. The molecule has 0 aliphatic carbocycles. The van der Waals surface area contributed by atoms with Gasteiger partial charge in [-0.2, -0.15) is 0 Å². The van der Waals surface area contributed by atoms with Crippen molar-refractivity contribution in [3.63, 3.8) is 0 Å². The van der Waals surface area contributed by atoms with E-state index in [4.69, 9.17) is 0 Å². The van der Waals surface area contributed by atoms with Crippen LogP contribution in [0.1, 0.15) is 32.6 Å². The summed E-state index contributed by atoms with van der Waals surface area (Å²) in [5, 5.41) is 0. The van der Waals surface area contributed by atoms with Gasteiger partial charge in [0.25, 0.3) is 0 Å². The maximum Gasteiger partial charge on any atom is 0.0507 e. The Kier molecular flexibility index (Phi) is 6.30. The van der Waals surface area contributed by atoms with Gasteiger partial charge in [-0.3, -0.25) is 14.7 Å². The number of rotatable bonds is 7.